The second-order valence-electron chi connectivity index (χ2n) is 7.83. The minimum atomic E-state index is -3.14. The fourth-order valence-corrected chi connectivity index (χ4v) is 6.67. The number of carbonyl (C=O) groups excluding carboxylic acids is 1. The van der Waals surface area contributed by atoms with E-state index in [-0.39, 0.29) is 30.2 Å². The number of fused-ring (bicyclic) bond motifs is 1. The number of nitrogens with zero attached hydrogens (tertiary/aromatic N) is 1. The Morgan fingerprint density at radius 1 is 1.04 bits per heavy atom. The van der Waals surface area contributed by atoms with E-state index in [4.69, 9.17) is 4.74 Å². The molecule has 1 amide bonds. The number of ether oxygens (including phenoxy) is 1. The van der Waals surface area contributed by atoms with Gasteiger partial charge in [0.1, 0.15) is 5.25 Å². The Bertz CT molecular complexity index is 740. The van der Waals surface area contributed by atoms with Crippen LogP contribution in [-0.2, 0) is 19.4 Å². The summed E-state index contributed by atoms with van der Waals surface area (Å²) in [6.45, 7) is 1.12. The molecule has 5 nitrogen and oxygen atoms in total. The Morgan fingerprint density at radius 3 is 2.50 bits per heavy atom. The van der Waals surface area contributed by atoms with Gasteiger partial charge in [-0.3, -0.25) is 4.79 Å². The third-order valence-corrected chi connectivity index (χ3v) is 8.50. The lowest BCUT2D eigenvalue weighted by Gasteiger charge is -2.45. The summed E-state index contributed by atoms with van der Waals surface area (Å²) in [6, 6.07) is 10.3. The molecule has 1 aromatic carbocycles. The monoisotopic (exact) mass is 377 g/mol. The molecule has 3 fully saturated rings. The van der Waals surface area contributed by atoms with Crippen LogP contribution in [0.4, 0.5) is 0 Å². The summed E-state index contributed by atoms with van der Waals surface area (Å²) in [5.41, 5.74) is 1.37. The summed E-state index contributed by atoms with van der Waals surface area (Å²) >= 11 is 0. The zero-order chi connectivity index (χ0) is 18.1. The van der Waals surface area contributed by atoms with Crippen LogP contribution < -0.4 is 0 Å². The van der Waals surface area contributed by atoms with Gasteiger partial charge >= 0.3 is 0 Å². The largest absolute Gasteiger partial charge is 0.380 e. The third-order valence-electron chi connectivity index (χ3n) is 6.38. The second-order valence-corrected chi connectivity index (χ2v) is 10.2. The summed E-state index contributed by atoms with van der Waals surface area (Å²) in [6.07, 6.45) is 4.49. The van der Waals surface area contributed by atoms with Gasteiger partial charge < -0.3 is 9.64 Å². The van der Waals surface area contributed by atoms with Gasteiger partial charge in [0.2, 0.25) is 5.91 Å². The van der Waals surface area contributed by atoms with Crippen molar-refractivity contribution in [1.29, 1.82) is 0 Å². The lowest BCUT2D eigenvalue weighted by atomic mass is 9.78. The van der Waals surface area contributed by atoms with Gasteiger partial charge in [-0.05, 0) is 43.6 Å². The van der Waals surface area contributed by atoms with Crippen LogP contribution in [-0.4, -0.2) is 56.0 Å². The van der Waals surface area contributed by atoms with Crippen molar-refractivity contribution in [3.05, 3.63) is 35.9 Å². The minimum Gasteiger partial charge on any atom is -0.380 e. The van der Waals surface area contributed by atoms with Crippen LogP contribution >= 0.6 is 0 Å². The van der Waals surface area contributed by atoms with Gasteiger partial charge in [0.15, 0.2) is 9.84 Å². The molecular formula is C20H27NO4S. The molecule has 4 rings (SSSR count). The van der Waals surface area contributed by atoms with Gasteiger partial charge in [-0.2, -0.15) is 0 Å². The van der Waals surface area contributed by atoms with E-state index in [0.717, 1.165) is 25.7 Å². The molecule has 6 heteroatoms. The number of carbonyl (C=O) groups is 1. The summed E-state index contributed by atoms with van der Waals surface area (Å²) in [7, 11) is -3.14. The fourth-order valence-electron chi connectivity index (χ4n) is 4.85. The van der Waals surface area contributed by atoms with Gasteiger partial charge in [0.25, 0.3) is 0 Å². The number of benzene rings is 1. The Hall–Kier alpha value is -1.40. The average molecular weight is 378 g/mol. The van der Waals surface area contributed by atoms with Crippen LogP contribution in [0.1, 0.15) is 43.6 Å². The Kier molecular flexibility index (Phi) is 5.06. The number of amides is 1. The van der Waals surface area contributed by atoms with Crippen molar-refractivity contribution in [2.45, 2.75) is 49.3 Å². The molecule has 2 heterocycles. The summed E-state index contributed by atoms with van der Waals surface area (Å²) in [5, 5.41) is -0.533. The van der Waals surface area contributed by atoms with E-state index in [0.29, 0.717) is 25.5 Å². The lowest BCUT2D eigenvalue weighted by molar-refractivity contribution is -0.140. The summed E-state index contributed by atoms with van der Waals surface area (Å²) < 4.78 is 30.1. The van der Waals surface area contributed by atoms with Crippen LogP contribution in [0.5, 0.6) is 0 Å². The van der Waals surface area contributed by atoms with E-state index >= 15 is 0 Å². The van der Waals surface area contributed by atoms with Crippen LogP contribution in [0.2, 0.25) is 0 Å². The number of rotatable bonds is 2. The molecule has 26 heavy (non-hydrogen) atoms. The molecule has 2 atom stereocenters. The van der Waals surface area contributed by atoms with Crippen molar-refractivity contribution >= 4 is 15.7 Å². The lowest BCUT2D eigenvalue weighted by Crippen LogP contribution is -2.61. The van der Waals surface area contributed by atoms with Crippen LogP contribution in [0.25, 0.3) is 0 Å². The van der Waals surface area contributed by atoms with Crippen molar-refractivity contribution in [3.8, 4) is 0 Å². The van der Waals surface area contributed by atoms with E-state index in [1.54, 1.807) is 0 Å². The SMILES string of the molecule is O=C(C1CCC(c2ccccc2)CC1)N1CCS(=O)(=O)C2COCCC21. The van der Waals surface area contributed by atoms with E-state index in [2.05, 4.69) is 24.3 Å². The second kappa shape index (κ2) is 7.31. The third kappa shape index (κ3) is 3.41. The van der Waals surface area contributed by atoms with E-state index < -0.39 is 15.1 Å². The molecule has 2 saturated heterocycles. The topological polar surface area (TPSA) is 63.7 Å². The maximum Gasteiger partial charge on any atom is 0.226 e. The molecule has 0 bridgehead atoms. The molecule has 142 valence electrons. The normalized spacial score (nSPS) is 34.1. The van der Waals surface area contributed by atoms with E-state index in [9.17, 15) is 13.2 Å². The summed E-state index contributed by atoms with van der Waals surface area (Å²) in [4.78, 5) is 15.0. The van der Waals surface area contributed by atoms with E-state index in [1.807, 2.05) is 11.0 Å². The van der Waals surface area contributed by atoms with Crippen LogP contribution in [0.15, 0.2) is 30.3 Å². The van der Waals surface area contributed by atoms with Crippen molar-refractivity contribution in [2.75, 3.05) is 25.5 Å². The Labute approximate surface area is 155 Å². The minimum absolute atomic E-state index is 0.0410. The molecule has 0 N–H and O–H groups in total. The first kappa shape index (κ1) is 18.0. The molecular weight excluding hydrogens is 350 g/mol. The molecule has 3 aliphatic rings. The quantitative estimate of drug-likeness (QED) is 0.794. The predicted octanol–water partition coefficient (Wildman–Crippen LogP) is 2.37. The van der Waals surface area contributed by atoms with Crippen molar-refractivity contribution < 1.29 is 17.9 Å². The highest BCUT2D eigenvalue weighted by Gasteiger charge is 2.46. The highest BCUT2D eigenvalue weighted by atomic mass is 32.2. The zero-order valence-electron chi connectivity index (χ0n) is 15.0. The van der Waals surface area contributed by atoms with Gasteiger partial charge in [0.05, 0.1) is 18.4 Å². The fraction of sp³-hybridized carbons (Fsp3) is 0.650. The molecule has 2 aliphatic heterocycles. The smallest absolute Gasteiger partial charge is 0.226 e. The van der Waals surface area contributed by atoms with Gasteiger partial charge in [-0.15, -0.1) is 0 Å². The van der Waals surface area contributed by atoms with Crippen LogP contribution in [0, 0.1) is 5.92 Å². The molecule has 1 saturated carbocycles. The van der Waals surface area contributed by atoms with Crippen LogP contribution in [0.3, 0.4) is 0 Å². The van der Waals surface area contributed by atoms with Gasteiger partial charge in [-0.25, -0.2) is 8.42 Å². The zero-order valence-corrected chi connectivity index (χ0v) is 15.9. The molecule has 0 radical (unpaired) electrons. The van der Waals surface area contributed by atoms with Crippen molar-refractivity contribution in [1.82, 2.24) is 4.90 Å². The van der Waals surface area contributed by atoms with Gasteiger partial charge in [-0.1, -0.05) is 30.3 Å². The standard InChI is InChI=1S/C20H27NO4S/c22-20(17-8-6-16(7-9-17)15-4-2-1-3-5-15)21-11-13-26(23,24)19-14-25-12-10-18(19)21/h1-5,16-19H,6-14H2. The molecule has 0 spiro atoms. The maximum absolute atomic E-state index is 13.2. The van der Waals surface area contributed by atoms with Crippen molar-refractivity contribution in [3.63, 3.8) is 0 Å². The first-order valence-corrected chi connectivity index (χ1v) is 11.4. The maximum atomic E-state index is 13.2. The van der Waals surface area contributed by atoms with Gasteiger partial charge in [0, 0.05) is 19.1 Å². The van der Waals surface area contributed by atoms with E-state index in [1.165, 1.54) is 5.56 Å². The predicted molar refractivity (Wildman–Crippen MR) is 99.7 cm³/mol. The first-order valence-electron chi connectivity index (χ1n) is 9.71. The molecule has 0 aromatic heterocycles. The average Bonchev–Trinajstić information content (AvgIpc) is 2.69. The number of hydrogen-bond donors (Lipinski definition) is 0. The Balaban J connectivity index is 1.42. The Morgan fingerprint density at radius 2 is 1.77 bits per heavy atom. The molecule has 2 unspecified atom stereocenters. The van der Waals surface area contributed by atoms with Crippen molar-refractivity contribution in [2.24, 2.45) is 5.92 Å². The molecule has 1 aliphatic carbocycles. The molecule has 1 aromatic rings. The first-order chi connectivity index (χ1) is 12.6. The number of hydrogen-bond acceptors (Lipinski definition) is 4. The number of sulfone groups is 1. The highest BCUT2D eigenvalue weighted by Crippen LogP contribution is 2.37. The summed E-state index contributed by atoms with van der Waals surface area (Å²) in [5.74, 6) is 0.822. The highest BCUT2D eigenvalue weighted by molar-refractivity contribution is 7.92.